The van der Waals surface area contributed by atoms with Gasteiger partial charge in [-0.15, -0.1) is 0 Å². The Bertz CT molecular complexity index is 309. The summed E-state index contributed by atoms with van der Waals surface area (Å²) in [6.07, 6.45) is 0.927. The highest BCUT2D eigenvalue weighted by atomic mass is 16.5. The lowest BCUT2D eigenvalue weighted by Gasteiger charge is -2.02. The molecule has 74 valence electrons. The Balaban J connectivity index is 2.31. The lowest BCUT2D eigenvalue weighted by molar-refractivity contribution is 0.140. The number of carbonyl (C=O) groups is 1. The summed E-state index contributed by atoms with van der Waals surface area (Å²) in [6, 6.07) is 9.46. The maximum absolute atomic E-state index is 10.9. The summed E-state index contributed by atoms with van der Waals surface area (Å²) in [4.78, 5) is 10.9. The third kappa shape index (κ3) is 3.71. The van der Waals surface area contributed by atoms with Crippen molar-refractivity contribution in [3.05, 3.63) is 35.9 Å². The molecule has 1 rings (SSSR count). The number of rotatable bonds is 3. The van der Waals surface area contributed by atoms with Gasteiger partial charge in [0.1, 0.15) is 6.61 Å². The van der Waals surface area contributed by atoms with Crippen molar-refractivity contribution in [1.29, 1.82) is 0 Å². The molecule has 4 heteroatoms. The molecule has 1 N–H and O–H groups in total. The summed E-state index contributed by atoms with van der Waals surface area (Å²) in [6.45, 7) is 1.96. The number of ether oxygens (including phenoxy) is 1. The molecule has 0 aliphatic heterocycles. The average molecular weight is 192 g/mol. The molecule has 0 aromatic heterocycles. The largest absolute Gasteiger partial charge is 0.443 e. The Morgan fingerprint density at radius 1 is 1.50 bits per heavy atom. The van der Waals surface area contributed by atoms with Crippen LogP contribution in [-0.4, -0.2) is 12.3 Å². The molecular weight excluding hydrogens is 180 g/mol. The molecular formula is C10H12N2O2. The minimum atomic E-state index is -0.549. The number of carbonyl (C=O) groups excluding carboxylic acids is 1. The van der Waals surface area contributed by atoms with Crippen molar-refractivity contribution >= 4 is 12.3 Å². The zero-order valence-corrected chi connectivity index (χ0v) is 7.93. The van der Waals surface area contributed by atoms with Gasteiger partial charge in [-0.25, -0.2) is 10.2 Å². The van der Waals surface area contributed by atoms with Gasteiger partial charge in [-0.3, -0.25) is 0 Å². The number of benzene rings is 1. The van der Waals surface area contributed by atoms with E-state index >= 15 is 0 Å². The second-order valence-corrected chi connectivity index (χ2v) is 2.56. The second kappa shape index (κ2) is 5.75. The first kappa shape index (κ1) is 10.2. The van der Waals surface area contributed by atoms with Crippen molar-refractivity contribution in [2.75, 3.05) is 0 Å². The van der Waals surface area contributed by atoms with E-state index in [1.54, 1.807) is 6.92 Å². The van der Waals surface area contributed by atoms with Crippen LogP contribution in [-0.2, 0) is 11.3 Å². The van der Waals surface area contributed by atoms with Gasteiger partial charge in [0.2, 0.25) is 0 Å². The van der Waals surface area contributed by atoms with E-state index in [2.05, 4.69) is 10.5 Å². The summed E-state index contributed by atoms with van der Waals surface area (Å²) in [7, 11) is 0. The normalized spacial score (nSPS) is 10.1. The molecule has 0 radical (unpaired) electrons. The molecule has 0 atom stereocenters. The van der Waals surface area contributed by atoms with Crippen LogP contribution in [0.4, 0.5) is 4.79 Å². The van der Waals surface area contributed by atoms with Crippen LogP contribution in [0.1, 0.15) is 12.5 Å². The zero-order valence-electron chi connectivity index (χ0n) is 7.93. The summed E-state index contributed by atoms with van der Waals surface area (Å²) < 4.78 is 4.87. The van der Waals surface area contributed by atoms with E-state index in [4.69, 9.17) is 4.74 Å². The third-order valence-electron chi connectivity index (χ3n) is 1.50. The Morgan fingerprint density at radius 3 is 2.86 bits per heavy atom. The fraction of sp³-hybridized carbons (Fsp3) is 0.200. The van der Waals surface area contributed by atoms with Gasteiger partial charge in [0, 0.05) is 6.21 Å². The summed E-state index contributed by atoms with van der Waals surface area (Å²) >= 11 is 0. The number of nitrogens with zero attached hydrogens (tertiary/aromatic N) is 1. The van der Waals surface area contributed by atoms with Gasteiger partial charge in [0.25, 0.3) is 0 Å². The van der Waals surface area contributed by atoms with Gasteiger partial charge in [-0.05, 0) is 12.5 Å². The number of hydrazone groups is 1. The van der Waals surface area contributed by atoms with Crippen LogP contribution in [0, 0.1) is 0 Å². The van der Waals surface area contributed by atoms with E-state index in [1.807, 2.05) is 30.3 Å². The molecule has 1 aromatic rings. The maximum atomic E-state index is 10.9. The fourth-order valence-corrected chi connectivity index (χ4v) is 0.873. The van der Waals surface area contributed by atoms with Crippen molar-refractivity contribution in [3.8, 4) is 0 Å². The number of nitrogens with one attached hydrogen (secondary N) is 1. The molecule has 0 fully saturated rings. The highest BCUT2D eigenvalue weighted by Crippen LogP contribution is 2.00. The molecule has 0 aliphatic carbocycles. The lowest BCUT2D eigenvalue weighted by atomic mass is 10.2. The highest BCUT2D eigenvalue weighted by molar-refractivity contribution is 5.68. The van der Waals surface area contributed by atoms with Crippen LogP contribution >= 0.6 is 0 Å². The Labute approximate surface area is 82.6 Å². The van der Waals surface area contributed by atoms with Crippen molar-refractivity contribution in [3.63, 3.8) is 0 Å². The Kier molecular flexibility index (Phi) is 4.20. The van der Waals surface area contributed by atoms with E-state index in [1.165, 1.54) is 6.21 Å². The van der Waals surface area contributed by atoms with E-state index in [0.29, 0.717) is 0 Å². The third-order valence-corrected chi connectivity index (χ3v) is 1.50. The fourth-order valence-electron chi connectivity index (χ4n) is 0.873. The topological polar surface area (TPSA) is 50.7 Å². The predicted octanol–water partition coefficient (Wildman–Crippen LogP) is 1.92. The smallest absolute Gasteiger partial charge is 0.428 e. The van der Waals surface area contributed by atoms with Crippen LogP contribution in [0.5, 0.6) is 0 Å². The van der Waals surface area contributed by atoms with Gasteiger partial charge < -0.3 is 4.74 Å². The van der Waals surface area contributed by atoms with E-state index < -0.39 is 6.09 Å². The molecule has 14 heavy (non-hydrogen) atoms. The molecule has 0 heterocycles. The van der Waals surface area contributed by atoms with Gasteiger partial charge in [-0.2, -0.15) is 5.10 Å². The Morgan fingerprint density at radius 2 is 2.21 bits per heavy atom. The van der Waals surface area contributed by atoms with E-state index in [0.717, 1.165) is 5.56 Å². The van der Waals surface area contributed by atoms with Crippen molar-refractivity contribution in [1.82, 2.24) is 5.43 Å². The SMILES string of the molecule is C/C=N\NC(=O)OCc1ccccc1. The molecule has 1 aromatic carbocycles. The Hall–Kier alpha value is -1.84. The molecule has 1 amide bonds. The molecule has 0 saturated carbocycles. The number of hydrogen-bond donors (Lipinski definition) is 1. The summed E-state index contributed by atoms with van der Waals surface area (Å²) in [5, 5.41) is 3.53. The van der Waals surface area contributed by atoms with Crippen LogP contribution in [0.25, 0.3) is 0 Å². The quantitative estimate of drug-likeness (QED) is 0.587. The second-order valence-electron chi connectivity index (χ2n) is 2.56. The maximum Gasteiger partial charge on any atom is 0.428 e. The van der Waals surface area contributed by atoms with Crippen molar-refractivity contribution in [2.45, 2.75) is 13.5 Å². The first-order valence-corrected chi connectivity index (χ1v) is 4.27. The number of amides is 1. The van der Waals surface area contributed by atoms with Gasteiger partial charge >= 0.3 is 6.09 Å². The minimum absolute atomic E-state index is 0.256. The van der Waals surface area contributed by atoms with Crippen LogP contribution in [0.3, 0.4) is 0 Å². The molecule has 0 bridgehead atoms. The van der Waals surface area contributed by atoms with Gasteiger partial charge in [0.05, 0.1) is 0 Å². The molecule has 0 spiro atoms. The van der Waals surface area contributed by atoms with E-state index in [9.17, 15) is 4.79 Å². The predicted molar refractivity (Wildman–Crippen MR) is 53.9 cm³/mol. The minimum Gasteiger partial charge on any atom is -0.443 e. The summed E-state index contributed by atoms with van der Waals surface area (Å²) in [5.74, 6) is 0. The lowest BCUT2D eigenvalue weighted by Crippen LogP contribution is -2.18. The highest BCUT2D eigenvalue weighted by Gasteiger charge is 1.99. The van der Waals surface area contributed by atoms with Crippen LogP contribution in [0.15, 0.2) is 35.4 Å². The van der Waals surface area contributed by atoms with Gasteiger partial charge in [-0.1, -0.05) is 30.3 Å². The van der Waals surface area contributed by atoms with Crippen LogP contribution < -0.4 is 5.43 Å². The molecule has 0 aliphatic rings. The molecule has 0 saturated heterocycles. The first-order valence-electron chi connectivity index (χ1n) is 4.27. The number of hydrogen-bond acceptors (Lipinski definition) is 3. The summed E-state index contributed by atoms with van der Waals surface area (Å²) in [5.41, 5.74) is 3.16. The average Bonchev–Trinajstić information content (AvgIpc) is 2.25. The molecule has 4 nitrogen and oxygen atoms in total. The zero-order chi connectivity index (χ0) is 10.2. The van der Waals surface area contributed by atoms with Crippen molar-refractivity contribution < 1.29 is 9.53 Å². The van der Waals surface area contributed by atoms with Crippen molar-refractivity contribution in [2.24, 2.45) is 5.10 Å². The molecule has 0 unspecified atom stereocenters. The van der Waals surface area contributed by atoms with Gasteiger partial charge in [0.15, 0.2) is 0 Å². The standard InChI is InChI=1S/C10H12N2O2/c1-2-11-12-10(13)14-8-9-6-4-3-5-7-9/h2-7H,8H2,1H3,(H,12,13)/b11-2-. The monoisotopic (exact) mass is 192 g/mol. The first-order chi connectivity index (χ1) is 6.83. The van der Waals surface area contributed by atoms with Crippen LogP contribution in [0.2, 0.25) is 0 Å². The van der Waals surface area contributed by atoms with E-state index in [-0.39, 0.29) is 6.61 Å².